The lowest BCUT2D eigenvalue weighted by atomic mass is 9.76. The molecule has 2 aromatic rings. The van der Waals surface area contributed by atoms with Crippen LogP contribution in [0.5, 0.6) is 0 Å². The van der Waals surface area contributed by atoms with Crippen molar-refractivity contribution in [2.24, 2.45) is 11.8 Å². The maximum absolute atomic E-state index is 12.7. The Morgan fingerprint density at radius 1 is 1.15 bits per heavy atom. The molecule has 2 atom stereocenters. The highest BCUT2D eigenvalue weighted by Gasteiger charge is 2.37. The highest BCUT2D eigenvalue weighted by atomic mass is 35.5. The van der Waals surface area contributed by atoms with Crippen molar-refractivity contribution < 1.29 is 14.7 Å². The van der Waals surface area contributed by atoms with Crippen molar-refractivity contribution >= 4 is 39.9 Å². The Hall–Kier alpha value is -2.18. The number of halogens is 1. The van der Waals surface area contributed by atoms with E-state index in [1.165, 1.54) is 11.3 Å². The third-order valence-electron chi connectivity index (χ3n) is 4.79. The molecule has 26 heavy (non-hydrogen) atoms. The van der Waals surface area contributed by atoms with Crippen molar-refractivity contribution in [3.63, 3.8) is 0 Å². The Balaban J connectivity index is 1.75. The van der Waals surface area contributed by atoms with Crippen LogP contribution in [0.2, 0.25) is 5.02 Å². The van der Waals surface area contributed by atoms with E-state index in [9.17, 15) is 14.7 Å². The number of benzene rings is 1. The molecule has 1 aromatic heterocycles. The molecular weight excluding hydrogens is 372 g/mol. The van der Waals surface area contributed by atoms with Crippen LogP contribution >= 0.6 is 22.9 Å². The van der Waals surface area contributed by atoms with Crippen LogP contribution < -0.4 is 5.32 Å². The van der Waals surface area contributed by atoms with Gasteiger partial charge in [0.1, 0.15) is 0 Å². The van der Waals surface area contributed by atoms with Crippen LogP contribution in [0, 0.1) is 11.8 Å². The molecule has 0 fully saturated rings. The summed E-state index contributed by atoms with van der Waals surface area (Å²) in [6.07, 6.45) is 0.872. The van der Waals surface area contributed by atoms with Gasteiger partial charge in [0.15, 0.2) is 5.13 Å². The Bertz CT molecular complexity index is 873. The average Bonchev–Trinajstić information content (AvgIpc) is 3.05. The van der Waals surface area contributed by atoms with Gasteiger partial charge in [0.25, 0.3) is 0 Å². The van der Waals surface area contributed by atoms with Gasteiger partial charge in [-0.15, -0.1) is 11.3 Å². The van der Waals surface area contributed by atoms with Crippen molar-refractivity contribution in [1.29, 1.82) is 0 Å². The van der Waals surface area contributed by atoms with E-state index in [1.807, 2.05) is 31.4 Å². The predicted molar refractivity (Wildman–Crippen MR) is 103 cm³/mol. The van der Waals surface area contributed by atoms with E-state index in [4.69, 9.17) is 11.6 Å². The molecule has 1 heterocycles. The lowest BCUT2D eigenvalue weighted by Crippen LogP contribution is -2.36. The van der Waals surface area contributed by atoms with E-state index in [0.29, 0.717) is 23.0 Å². The molecule has 0 radical (unpaired) electrons. The van der Waals surface area contributed by atoms with Crippen LogP contribution in [0.4, 0.5) is 5.13 Å². The maximum Gasteiger partial charge on any atom is 0.307 e. The molecule has 0 spiro atoms. The number of carboxylic acid groups (broad SMARTS) is 1. The summed E-state index contributed by atoms with van der Waals surface area (Å²) >= 11 is 7.21. The monoisotopic (exact) mass is 390 g/mol. The van der Waals surface area contributed by atoms with E-state index < -0.39 is 17.8 Å². The van der Waals surface area contributed by atoms with Crippen molar-refractivity contribution in [3.8, 4) is 11.3 Å². The number of carboxylic acids is 1. The third kappa shape index (κ3) is 3.97. The molecular formula is C19H19ClN2O3S. The SMILES string of the molecule is CC1=C(C)C[C@H](C(=O)Nc2nc(-c3ccc(Cl)cc3)cs2)[C@@H](C(=O)O)C1. The summed E-state index contributed by atoms with van der Waals surface area (Å²) in [6.45, 7) is 3.88. The number of nitrogens with zero attached hydrogens (tertiary/aromatic N) is 1. The Morgan fingerprint density at radius 2 is 1.77 bits per heavy atom. The maximum atomic E-state index is 12.7. The van der Waals surface area contributed by atoms with Crippen molar-refractivity contribution in [2.45, 2.75) is 26.7 Å². The molecule has 3 rings (SSSR count). The van der Waals surface area contributed by atoms with Crippen molar-refractivity contribution in [1.82, 2.24) is 4.98 Å². The normalized spacial score (nSPS) is 20.1. The van der Waals surface area contributed by atoms with E-state index in [0.717, 1.165) is 22.4 Å². The molecule has 0 unspecified atom stereocenters. The van der Waals surface area contributed by atoms with Crippen LogP contribution in [0.25, 0.3) is 11.3 Å². The van der Waals surface area contributed by atoms with Gasteiger partial charge in [-0.25, -0.2) is 4.98 Å². The van der Waals surface area contributed by atoms with E-state index in [2.05, 4.69) is 10.3 Å². The fourth-order valence-corrected chi connectivity index (χ4v) is 3.96. The van der Waals surface area contributed by atoms with Gasteiger partial charge in [-0.1, -0.05) is 34.9 Å². The molecule has 0 aliphatic heterocycles. The van der Waals surface area contributed by atoms with Crippen molar-refractivity contribution in [3.05, 3.63) is 45.8 Å². The second-order valence-corrected chi connectivity index (χ2v) is 7.85. The second kappa shape index (κ2) is 7.60. The summed E-state index contributed by atoms with van der Waals surface area (Å²) in [5.41, 5.74) is 3.79. The molecule has 1 aliphatic carbocycles. The molecule has 1 aromatic carbocycles. The molecule has 5 nitrogen and oxygen atoms in total. The Kier molecular flexibility index (Phi) is 5.44. The number of hydrogen-bond acceptors (Lipinski definition) is 4. The Labute approximate surface area is 160 Å². The average molecular weight is 391 g/mol. The lowest BCUT2D eigenvalue weighted by Gasteiger charge is -2.29. The summed E-state index contributed by atoms with van der Waals surface area (Å²) in [6, 6.07) is 7.29. The number of hydrogen-bond donors (Lipinski definition) is 2. The van der Waals surface area contributed by atoms with Crippen LogP contribution in [-0.4, -0.2) is 22.0 Å². The van der Waals surface area contributed by atoms with Gasteiger partial charge in [0.05, 0.1) is 17.5 Å². The number of anilines is 1. The number of thiazole rings is 1. The zero-order valence-corrected chi connectivity index (χ0v) is 16.0. The highest BCUT2D eigenvalue weighted by Crippen LogP contribution is 2.35. The predicted octanol–water partition coefficient (Wildman–Crippen LogP) is 4.85. The van der Waals surface area contributed by atoms with Crippen molar-refractivity contribution in [2.75, 3.05) is 5.32 Å². The molecule has 1 aliphatic rings. The topological polar surface area (TPSA) is 79.3 Å². The fourth-order valence-electron chi connectivity index (χ4n) is 3.11. The van der Waals surface area contributed by atoms with E-state index in [-0.39, 0.29) is 5.91 Å². The van der Waals surface area contributed by atoms with Crippen LogP contribution in [0.3, 0.4) is 0 Å². The largest absolute Gasteiger partial charge is 0.481 e. The zero-order chi connectivity index (χ0) is 18.8. The highest BCUT2D eigenvalue weighted by molar-refractivity contribution is 7.14. The van der Waals surface area contributed by atoms with Gasteiger partial charge in [-0.2, -0.15) is 0 Å². The minimum absolute atomic E-state index is 0.291. The number of rotatable bonds is 4. The summed E-state index contributed by atoms with van der Waals surface area (Å²) in [5, 5.41) is 15.2. The van der Waals surface area contributed by atoms with Gasteiger partial charge in [-0.05, 0) is 38.8 Å². The second-order valence-electron chi connectivity index (χ2n) is 6.55. The molecule has 136 valence electrons. The first-order valence-electron chi connectivity index (χ1n) is 8.25. The molecule has 0 saturated carbocycles. The summed E-state index contributed by atoms with van der Waals surface area (Å²) < 4.78 is 0. The third-order valence-corrected chi connectivity index (χ3v) is 5.80. The van der Waals surface area contributed by atoms with E-state index in [1.54, 1.807) is 12.1 Å². The van der Waals surface area contributed by atoms with Crippen LogP contribution in [0.1, 0.15) is 26.7 Å². The van der Waals surface area contributed by atoms with Gasteiger partial charge >= 0.3 is 5.97 Å². The van der Waals surface area contributed by atoms with E-state index >= 15 is 0 Å². The first-order chi connectivity index (χ1) is 12.3. The summed E-state index contributed by atoms with van der Waals surface area (Å²) in [7, 11) is 0. The molecule has 0 bridgehead atoms. The smallest absolute Gasteiger partial charge is 0.307 e. The van der Waals surface area contributed by atoms with Gasteiger partial charge in [0, 0.05) is 16.0 Å². The number of carbonyl (C=O) groups is 2. The van der Waals surface area contributed by atoms with Gasteiger partial charge in [0.2, 0.25) is 5.91 Å². The van der Waals surface area contributed by atoms with Crippen LogP contribution in [0.15, 0.2) is 40.8 Å². The molecule has 1 amide bonds. The Morgan fingerprint density at radius 3 is 2.38 bits per heavy atom. The number of nitrogens with one attached hydrogen (secondary N) is 1. The minimum atomic E-state index is -0.932. The number of aromatic nitrogens is 1. The molecule has 7 heteroatoms. The number of amides is 1. The fraction of sp³-hybridized carbons (Fsp3) is 0.316. The number of carbonyl (C=O) groups excluding carboxylic acids is 1. The van der Waals surface area contributed by atoms with Gasteiger partial charge in [-0.3, -0.25) is 9.59 Å². The van der Waals surface area contributed by atoms with Gasteiger partial charge < -0.3 is 10.4 Å². The first-order valence-corrected chi connectivity index (χ1v) is 9.51. The number of allylic oxidation sites excluding steroid dienone is 2. The minimum Gasteiger partial charge on any atom is -0.481 e. The quantitative estimate of drug-likeness (QED) is 0.731. The zero-order valence-electron chi connectivity index (χ0n) is 14.5. The first kappa shape index (κ1) is 18.6. The molecule has 0 saturated heterocycles. The van der Waals surface area contributed by atoms with Crippen LogP contribution in [-0.2, 0) is 9.59 Å². The number of aliphatic carboxylic acids is 1. The summed E-state index contributed by atoms with van der Waals surface area (Å²) in [4.78, 5) is 28.7. The standard InChI is InChI=1S/C19H19ClN2O3S/c1-10-7-14(15(18(24)25)8-11(10)2)17(23)22-19-21-16(9-26-19)12-3-5-13(20)6-4-12/h3-6,9,14-15H,7-8H2,1-2H3,(H,24,25)(H,21,22,23)/t14-,15-/m0/s1. The lowest BCUT2D eigenvalue weighted by molar-refractivity contribution is -0.146. The summed E-state index contributed by atoms with van der Waals surface area (Å²) in [5.74, 6) is -2.51. The molecule has 2 N–H and O–H groups in total.